The monoisotopic (exact) mass is 277 g/mol. The molecule has 1 heterocycles. The Morgan fingerprint density at radius 2 is 1.68 bits per heavy atom. The molecule has 0 unspecified atom stereocenters. The molecule has 1 aliphatic heterocycles. The van der Waals surface area contributed by atoms with E-state index in [9.17, 15) is 0 Å². The molecule has 22 heavy (non-hydrogen) atoms. The minimum atomic E-state index is -1.71. The van der Waals surface area contributed by atoms with Crippen LogP contribution >= 0.6 is 0 Å². The van der Waals surface area contributed by atoms with Crippen LogP contribution in [-0.2, 0) is 5.21 Å². The fraction of sp³-hybridized carbons (Fsp3) is 0.500. The van der Waals surface area contributed by atoms with E-state index in [0.717, 1.165) is 0 Å². The van der Waals surface area contributed by atoms with E-state index in [0.29, 0.717) is 23.5 Å². The van der Waals surface area contributed by atoms with Crippen LogP contribution in [0.4, 0.5) is 0 Å². The molecule has 0 amide bonds. The first kappa shape index (κ1) is 17.6. The van der Waals surface area contributed by atoms with E-state index in [2.05, 4.69) is 5.32 Å². The first-order valence-electron chi connectivity index (χ1n) is 6.77. The predicted octanol–water partition coefficient (Wildman–Crippen LogP) is -1.62. The van der Waals surface area contributed by atoms with Gasteiger partial charge in [0.25, 0.3) is 0 Å². The molecule has 1 aromatic carbocycles. The summed E-state index contributed by atoms with van der Waals surface area (Å²) in [5.41, 5.74) is -1.16. The van der Waals surface area contributed by atoms with Gasteiger partial charge in [0.15, 0.2) is 32.8 Å². The molecule has 1 N–H and O–H groups in total. The summed E-state index contributed by atoms with van der Waals surface area (Å²) >= 11 is 0. The van der Waals surface area contributed by atoms with Gasteiger partial charge in [0.2, 0.25) is 0 Å². The lowest BCUT2D eigenvalue weighted by Gasteiger charge is -2.41. The van der Waals surface area contributed by atoms with Crippen molar-refractivity contribution in [2.75, 3.05) is 0 Å². The molecule has 0 bridgehead atoms. The number of benzene rings is 1. The van der Waals surface area contributed by atoms with Crippen molar-refractivity contribution in [2.45, 2.75) is 35.4 Å². The summed E-state index contributed by atoms with van der Waals surface area (Å²) < 4.78 is 10.5. The molecule has 96 valence electrons. The van der Waals surface area contributed by atoms with Crippen molar-refractivity contribution in [1.29, 1.82) is 0 Å². The maximum absolute atomic E-state index is 6.25. The number of hydrogen-bond donors (Lipinski definition) is 1. The number of ether oxygens (including phenoxy) is 2. The Balaban J connectivity index is 2.30. The molecular formula is C12H10B7NO2. The van der Waals surface area contributed by atoms with E-state index in [1.807, 2.05) is 6.92 Å². The first-order valence-corrected chi connectivity index (χ1v) is 6.77. The average Bonchev–Trinajstić information content (AvgIpc) is 2.67. The highest BCUT2D eigenvalue weighted by Gasteiger charge is 2.35. The van der Waals surface area contributed by atoms with Gasteiger partial charge in [-0.3, -0.25) is 0 Å². The highest BCUT2D eigenvalue weighted by Crippen LogP contribution is 2.40. The van der Waals surface area contributed by atoms with Crippen molar-refractivity contribution in [3.05, 3.63) is 23.8 Å². The van der Waals surface area contributed by atoms with Gasteiger partial charge in [-0.05, 0) is 24.6 Å². The van der Waals surface area contributed by atoms with Crippen LogP contribution in [0.3, 0.4) is 0 Å². The van der Waals surface area contributed by atoms with E-state index < -0.39 is 22.1 Å². The lowest BCUT2D eigenvalue weighted by atomic mass is 9.44. The van der Waals surface area contributed by atoms with E-state index in [4.69, 9.17) is 64.4 Å². The topological polar surface area (TPSA) is 30.5 Å². The van der Waals surface area contributed by atoms with Gasteiger partial charge in [-0.15, -0.1) is 0 Å². The Morgan fingerprint density at radius 3 is 2.23 bits per heavy atom. The summed E-state index contributed by atoms with van der Waals surface area (Å²) in [6.45, 7) is 1.87. The van der Waals surface area contributed by atoms with Crippen LogP contribution < -0.4 is 14.8 Å². The third-order valence-electron chi connectivity index (χ3n) is 3.39. The van der Waals surface area contributed by atoms with Crippen molar-refractivity contribution >= 4 is 54.9 Å². The molecule has 0 saturated carbocycles. The third kappa shape index (κ3) is 3.76. The molecule has 1 aliphatic rings. The summed E-state index contributed by atoms with van der Waals surface area (Å²) in [4.78, 5) is 0. The Labute approximate surface area is 140 Å². The molecule has 0 aliphatic carbocycles. The van der Waals surface area contributed by atoms with Gasteiger partial charge in [-0.2, -0.15) is 0 Å². The van der Waals surface area contributed by atoms with Crippen molar-refractivity contribution < 1.29 is 9.47 Å². The number of rotatable bonds is 5. The minimum absolute atomic E-state index is 0.345. The molecular weight excluding hydrogens is 266 g/mol. The maximum atomic E-state index is 6.25. The largest absolute Gasteiger partial charge is 0.468 e. The van der Waals surface area contributed by atoms with Gasteiger partial charge in [0.1, 0.15) is 0 Å². The van der Waals surface area contributed by atoms with Crippen LogP contribution in [0.2, 0.25) is 0 Å². The predicted molar refractivity (Wildman–Crippen MR) is 92.3 cm³/mol. The third-order valence-corrected chi connectivity index (χ3v) is 3.39. The molecule has 1 atom stereocenters. The lowest BCUT2D eigenvalue weighted by Crippen LogP contribution is -2.59. The highest BCUT2D eigenvalue weighted by molar-refractivity contribution is 6.59. The van der Waals surface area contributed by atoms with Crippen molar-refractivity contribution in [3.8, 4) is 11.5 Å². The zero-order valence-corrected chi connectivity index (χ0v) is 12.4. The Kier molecular flexibility index (Phi) is 4.56. The zero-order chi connectivity index (χ0) is 16.8. The van der Waals surface area contributed by atoms with Crippen LogP contribution in [0.5, 0.6) is 11.5 Å². The molecule has 0 fully saturated rings. The Hall–Kier alpha value is -0.765. The zero-order valence-electron chi connectivity index (χ0n) is 12.4. The average molecular weight is 276 g/mol. The van der Waals surface area contributed by atoms with Crippen LogP contribution in [0, 0.1) is 0 Å². The van der Waals surface area contributed by atoms with Gasteiger partial charge in [0, 0.05) is 0 Å². The van der Waals surface area contributed by atoms with E-state index in [1.165, 1.54) is 0 Å². The smallest absolute Gasteiger partial charge is 0.175 e. The van der Waals surface area contributed by atoms with Gasteiger partial charge in [0.05, 0.1) is 39.2 Å². The Bertz CT molecular complexity index is 559. The van der Waals surface area contributed by atoms with Crippen molar-refractivity contribution in [2.24, 2.45) is 0 Å². The molecule has 0 aromatic heterocycles. The van der Waals surface area contributed by atoms with Gasteiger partial charge in [-0.1, -0.05) is 29.0 Å². The molecule has 2 rings (SSSR count). The lowest BCUT2D eigenvalue weighted by molar-refractivity contribution is 0.0833. The summed E-state index contributed by atoms with van der Waals surface area (Å²) in [7, 11) is 40.3. The normalized spacial score (nSPS) is 18.0. The van der Waals surface area contributed by atoms with Crippen LogP contribution in [-0.4, -0.2) is 71.8 Å². The molecule has 3 nitrogen and oxygen atoms in total. The van der Waals surface area contributed by atoms with E-state index >= 15 is 0 Å². The van der Waals surface area contributed by atoms with Gasteiger partial charge >= 0.3 is 0 Å². The second-order valence-electron chi connectivity index (χ2n) is 5.56. The highest BCUT2D eigenvalue weighted by atomic mass is 16.7. The molecule has 1 aromatic rings. The van der Waals surface area contributed by atoms with Crippen molar-refractivity contribution in [3.63, 3.8) is 0 Å². The standard InChI is InChI=1S/C12H10B7NO2/c1-2-9(20-11(15,16)17)10(13,14)6-3-4-7-8(5-6)22-12(18,19)21-7/h3-5,9,20H,2H2,1H3/t9-/m0/s1. The quantitative estimate of drug-likeness (QED) is 0.656. The maximum Gasteiger partial charge on any atom is 0.175 e. The van der Waals surface area contributed by atoms with Crippen LogP contribution in [0.25, 0.3) is 0 Å². The minimum Gasteiger partial charge on any atom is -0.468 e. The molecule has 0 spiro atoms. The molecule has 10 heteroatoms. The van der Waals surface area contributed by atoms with Crippen LogP contribution in [0.1, 0.15) is 18.9 Å². The number of nitrogens with one attached hydrogen (secondary N) is 1. The fourth-order valence-corrected chi connectivity index (χ4v) is 2.37. The fourth-order valence-electron chi connectivity index (χ4n) is 2.37. The van der Waals surface area contributed by atoms with Crippen molar-refractivity contribution in [1.82, 2.24) is 5.32 Å². The van der Waals surface area contributed by atoms with Gasteiger partial charge in [-0.25, -0.2) is 0 Å². The van der Waals surface area contributed by atoms with E-state index in [-0.39, 0.29) is 0 Å². The summed E-state index contributed by atoms with van der Waals surface area (Å²) in [6, 6.07) is 4.41. The second-order valence-corrected chi connectivity index (χ2v) is 5.56. The van der Waals surface area contributed by atoms with E-state index in [1.54, 1.807) is 18.2 Å². The molecule has 0 saturated heterocycles. The Morgan fingerprint density at radius 1 is 1.09 bits per heavy atom. The SMILES string of the molecule is [B]C([B])([B])N[C@@H](CC)C([B])([B])c1ccc2c(c1)OC([B])([B])O2. The van der Waals surface area contributed by atoms with Crippen LogP contribution in [0.15, 0.2) is 18.2 Å². The summed E-state index contributed by atoms with van der Waals surface area (Å²) in [5, 5.41) is -0.131. The summed E-state index contributed by atoms with van der Waals surface area (Å²) in [5.74, 6) is 0.744. The first-order chi connectivity index (χ1) is 9.94. The summed E-state index contributed by atoms with van der Waals surface area (Å²) in [6.07, 6.45) is 0.534. The second kappa shape index (κ2) is 5.70. The molecule has 14 radical (unpaired) electrons. The number of hydrogen-bond acceptors (Lipinski definition) is 3. The number of fused-ring (bicyclic) bond motifs is 1. The van der Waals surface area contributed by atoms with Gasteiger partial charge < -0.3 is 14.8 Å².